The molecule has 2 heterocycles. The highest BCUT2D eigenvalue weighted by molar-refractivity contribution is 8.02. The Hall–Kier alpha value is -0.760. The number of thioether (sulfide) groups is 1. The van der Waals surface area contributed by atoms with E-state index in [0.717, 1.165) is 0 Å². The standard InChI is InChI=1S/C12H19NO5S2/c14-11(7-19-10-3-6-20(17,18)8-10)13-4-1-9(2-5-13)12(15)16/h9-10H,1-8H2,(H,15,16). The van der Waals surface area contributed by atoms with Gasteiger partial charge in [0, 0.05) is 18.3 Å². The number of carbonyl (C=O) groups excluding carboxylic acids is 1. The molecule has 1 atom stereocenters. The summed E-state index contributed by atoms with van der Waals surface area (Å²) >= 11 is 1.41. The quantitative estimate of drug-likeness (QED) is 0.797. The molecule has 0 spiro atoms. The van der Waals surface area contributed by atoms with E-state index in [0.29, 0.717) is 32.4 Å². The molecule has 2 rings (SSSR count). The van der Waals surface area contributed by atoms with Crippen molar-refractivity contribution in [3.05, 3.63) is 0 Å². The number of aliphatic carboxylic acids is 1. The number of carboxylic acid groups (broad SMARTS) is 1. The summed E-state index contributed by atoms with van der Waals surface area (Å²) < 4.78 is 22.6. The summed E-state index contributed by atoms with van der Waals surface area (Å²) in [7, 11) is -2.90. The fraction of sp³-hybridized carbons (Fsp3) is 0.833. The largest absolute Gasteiger partial charge is 0.481 e. The van der Waals surface area contributed by atoms with E-state index in [1.54, 1.807) is 4.90 Å². The maximum Gasteiger partial charge on any atom is 0.306 e. The van der Waals surface area contributed by atoms with Crippen LogP contribution in [0.25, 0.3) is 0 Å². The number of carboxylic acids is 1. The number of nitrogens with zero attached hydrogens (tertiary/aromatic N) is 1. The van der Waals surface area contributed by atoms with Crippen molar-refractivity contribution in [2.75, 3.05) is 30.3 Å². The van der Waals surface area contributed by atoms with Crippen LogP contribution in [0.15, 0.2) is 0 Å². The van der Waals surface area contributed by atoms with Crippen molar-refractivity contribution in [2.45, 2.75) is 24.5 Å². The molecule has 2 aliphatic heterocycles. The lowest BCUT2D eigenvalue weighted by molar-refractivity contribution is -0.145. The van der Waals surface area contributed by atoms with E-state index in [9.17, 15) is 18.0 Å². The number of hydrogen-bond donors (Lipinski definition) is 1. The van der Waals surface area contributed by atoms with Gasteiger partial charge >= 0.3 is 5.97 Å². The Bertz CT molecular complexity index is 482. The number of rotatable bonds is 4. The van der Waals surface area contributed by atoms with Gasteiger partial charge in [0.05, 0.1) is 23.2 Å². The molecule has 20 heavy (non-hydrogen) atoms. The average Bonchev–Trinajstić information content (AvgIpc) is 2.75. The molecular formula is C12H19NO5S2. The minimum absolute atomic E-state index is 0.0110. The molecule has 0 aliphatic carbocycles. The van der Waals surface area contributed by atoms with Crippen LogP contribution in [0.5, 0.6) is 0 Å². The molecule has 8 heteroatoms. The van der Waals surface area contributed by atoms with E-state index < -0.39 is 15.8 Å². The first kappa shape index (κ1) is 15.6. The monoisotopic (exact) mass is 321 g/mol. The van der Waals surface area contributed by atoms with Crippen molar-refractivity contribution < 1.29 is 23.1 Å². The molecule has 2 aliphatic rings. The molecule has 0 bridgehead atoms. The first-order chi connectivity index (χ1) is 9.37. The summed E-state index contributed by atoms with van der Waals surface area (Å²) in [5.41, 5.74) is 0. The van der Waals surface area contributed by atoms with Gasteiger partial charge in [0.2, 0.25) is 5.91 Å². The van der Waals surface area contributed by atoms with Gasteiger partial charge in [0.1, 0.15) is 0 Å². The van der Waals surface area contributed by atoms with Crippen LogP contribution < -0.4 is 0 Å². The topological polar surface area (TPSA) is 91.8 Å². The van der Waals surface area contributed by atoms with E-state index in [1.165, 1.54) is 11.8 Å². The van der Waals surface area contributed by atoms with Crippen molar-refractivity contribution in [1.29, 1.82) is 0 Å². The minimum Gasteiger partial charge on any atom is -0.481 e. The van der Waals surface area contributed by atoms with Crippen LogP contribution in [0, 0.1) is 5.92 Å². The van der Waals surface area contributed by atoms with Crippen molar-refractivity contribution in [1.82, 2.24) is 4.90 Å². The SMILES string of the molecule is O=C(O)C1CCN(C(=O)CSC2CCS(=O)(=O)C2)CC1. The first-order valence-electron chi connectivity index (χ1n) is 6.70. The van der Waals surface area contributed by atoms with Crippen LogP contribution in [0.1, 0.15) is 19.3 Å². The van der Waals surface area contributed by atoms with Gasteiger partial charge in [-0.25, -0.2) is 8.42 Å². The normalized spacial score (nSPS) is 26.6. The molecule has 6 nitrogen and oxygen atoms in total. The molecule has 1 N–H and O–H groups in total. The predicted molar refractivity (Wildman–Crippen MR) is 76.5 cm³/mol. The minimum atomic E-state index is -2.90. The lowest BCUT2D eigenvalue weighted by Gasteiger charge is -2.30. The second-order valence-corrected chi connectivity index (χ2v) is 8.85. The van der Waals surface area contributed by atoms with Crippen LogP contribution in [-0.2, 0) is 19.4 Å². The van der Waals surface area contributed by atoms with Crippen LogP contribution in [0.3, 0.4) is 0 Å². The zero-order chi connectivity index (χ0) is 14.8. The third-order valence-corrected chi connectivity index (χ3v) is 7.10. The zero-order valence-corrected chi connectivity index (χ0v) is 12.8. The fourth-order valence-electron chi connectivity index (χ4n) is 2.55. The van der Waals surface area contributed by atoms with Crippen molar-refractivity contribution >= 4 is 33.5 Å². The van der Waals surface area contributed by atoms with Gasteiger partial charge in [-0.2, -0.15) is 0 Å². The molecule has 0 aromatic carbocycles. The number of likely N-dealkylation sites (tertiary alicyclic amines) is 1. The summed E-state index contributed by atoms with van der Waals surface area (Å²) in [6.45, 7) is 0.971. The van der Waals surface area contributed by atoms with Gasteiger partial charge < -0.3 is 10.0 Å². The van der Waals surface area contributed by atoms with Crippen LogP contribution in [-0.4, -0.2) is 65.9 Å². The molecule has 0 saturated carbocycles. The number of hydrogen-bond acceptors (Lipinski definition) is 5. The van der Waals surface area contributed by atoms with Gasteiger partial charge in [-0.15, -0.1) is 11.8 Å². The molecule has 2 fully saturated rings. The molecule has 0 radical (unpaired) electrons. The average molecular weight is 321 g/mol. The maximum absolute atomic E-state index is 12.0. The summed E-state index contributed by atoms with van der Waals surface area (Å²) in [4.78, 5) is 24.5. The third kappa shape index (κ3) is 4.12. The second-order valence-electron chi connectivity index (χ2n) is 5.33. The van der Waals surface area contributed by atoms with Gasteiger partial charge in [-0.1, -0.05) is 0 Å². The lowest BCUT2D eigenvalue weighted by atomic mass is 9.97. The maximum atomic E-state index is 12.0. The van der Waals surface area contributed by atoms with Crippen LogP contribution in [0.4, 0.5) is 0 Å². The predicted octanol–water partition coefficient (Wildman–Crippen LogP) is 0.230. The highest BCUT2D eigenvalue weighted by atomic mass is 32.2. The number of carbonyl (C=O) groups is 2. The Morgan fingerprint density at radius 1 is 1.20 bits per heavy atom. The van der Waals surface area contributed by atoms with Crippen molar-refractivity contribution in [2.24, 2.45) is 5.92 Å². The van der Waals surface area contributed by atoms with Crippen molar-refractivity contribution in [3.8, 4) is 0 Å². The summed E-state index contributed by atoms with van der Waals surface area (Å²) in [6.07, 6.45) is 1.63. The molecule has 0 aromatic heterocycles. The number of sulfone groups is 1. The molecule has 0 aromatic rings. The van der Waals surface area contributed by atoms with Gasteiger partial charge in [0.25, 0.3) is 0 Å². The number of piperidine rings is 1. The highest BCUT2D eigenvalue weighted by Gasteiger charge is 2.30. The highest BCUT2D eigenvalue weighted by Crippen LogP contribution is 2.25. The fourth-order valence-corrected chi connectivity index (χ4v) is 6.09. The van der Waals surface area contributed by atoms with Gasteiger partial charge in [-0.05, 0) is 19.3 Å². The van der Waals surface area contributed by atoms with E-state index in [4.69, 9.17) is 5.11 Å². The zero-order valence-electron chi connectivity index (χ0n) is 11.2. The Morgan fingerprint density at radius 2 is 1.85 bits per heavy atom. The van der Waals surface area contributed by atoms with Crippen LogP contribution >= 0.6 is 11.8 Å². The van der Waals surface area contributed by atoms with Crippen molar-refractivity contribution in [3.63, 3.8) is 0 Å². The first-order valence-corrected chi connectivity index (χ1v) is 9.57. The Kier molecular flexibility index (Phi) is 4.95. The Morgan fingerprint density at radius 3 is 2.35 bits per heavy atom. The van der Waals surface area contributed by atoms with Gasteiger partial charge in [0.15, 0.2) is 9.84 Å². The number of amides is 1. The van der Waals surface area contributed by atoms with E-state index >= 15 is 0 Å². The summed E-state index contributed by atoms with van der Waals surface area (Å²) in [5.74, 6) is -0.454. The lowest BCUT2D eigenvalue weighted by Crippen LogP contribution is -2.41. The van der Waals surface area contributed by atoms with Crippen LogP contribution in [0.2, 0.25) is 0 Å². The molecule has 2 saturated heterocycles. The van der Waals surface area contributed by atoms with E-state index in [2.05, 4.69) is 0 Å². The van der Waals surface area contributed by atoms with E-state index in [-0.39, 0.29) is 34.3 Å². The second kappa shape index (κ2) is 6.34. The smallest absolute Gasteiger partial charge is 0.306 e. The van der Waals surface area contributed by atoms with E-state index in [1.807, 2.05) is 0 Å². The van der Waals surface area contributed by atoms with Gasteiger partial charge in [-0.3, -0.25) is 9.59 Å². The Balaban J connectivity index is 1.72. The Labute approximate surface area is 122 Å². The summed E-state index contributed by atoms with van der Waals surface area (Å²) in [6, 6.07) is 0. The molecule has 114 valence electrons. The molecule has 1 amide bonds. The molecule has 1 unspecified atom stereocenters. The molecular weight excluding hydrogens is 302 g/mol. The summed E-state index contributed by atoms with van der Waals surface area (Å²) in [5, 5.41) is 8.92. The third-order valence-electron chi connectivity index (χ3n) is 3.83.